The van der Waals surface area contributed by atoms with Gasteiger partial charge >= 0.3 is 0 Å². The summed E-state index contributed by atoms with van der Waals surface area (Å²) in [6, 6.07) is 51.7. The Hall–Kier alpha value is -5.32. The second kappa shape index (κ2) is 9.10. The fraction of sp³-hybridized carbons (Fsp3) is 0. The number of hydrogen-bond donors (Lipinski definition) is 0. The van der Waals surface area contributed by atoms with Crippen LogP contribution < -0.4 is 4.90 Å². The van der Waals surface area contributed by atoms with E-state index in [4.69, 9.17) is 4.42 Å². The summed E-state index contributed by atoms with van der Waals surface area (Å²) in [5.74, 6) is 0. The van der Waals surface area contributed by atoms with E-state index in [0.29, 0.717) is 0 Å². The molecule has 3 aromatic heterocycles. The number of furan rings is 1. The zero-order chi connectivity index (χ0) is 27.6. The third kappa shape index (κ3) is 3.46. The van der Waals surface area contributed by atoms with Crippen LogP contribution in [-0.2, 0) is 0 Å². The van der Waals surface area contributed by atoms with E-state index in [1.54, 1.807) is 11.3 Å². The minimum absolute atomic E-state index is 0.903. The molecule has 42 heavy (non-hydrogen) atoms. The number of anilines is 3. The summed E-state index contributed by atoms with van der Waals surface area (Å²) < 4.78 is 11.4. The van der Waals surface area contributed by atoms with Gasteiger partial charge in [0, 0.05) is 55.1 Å². The molecule has 9 rings (SSSR count). The maximum atomic E-state index is 6.54. The minimum Gasteiger partial charge on any atom is -0.454 e. The van der Waals surface area contributed by atoms with Gasteiger partial charge in [0.1, 0.15) is 5.58 Å². The SMILES string of the molecule is c1ccc(N(c2ccc3c(c2)oc2c4ccccc4sc32)c2ccc3c4ccccc4n(-c4ccccc4)c3c2)cc1. The lowest BCUT2D eigenvalue weighted by Crippen LogP contribution is -2.09. The summed E-state index contributed by atoms with van der Waals surface area (Å²) in [4.78, 5) is 2.32. The van der Waals surface area contributed by atoms with Crippen LogP contribution in [0.25, 0.3) is 58.8 Å². The summed E-state index contributed by atoms with van der Waals surface area (Å²) in [7, 11) is 0. The number of thiophene rings is 1. The molecule has 0 spiro atoms. The second-order valence-corrected chi connectivity index (χ2v) is 11.7. The molecule has 198 valence electrons. The van der Waals surface area contributed by atoms with Crippen LogP contribution in [0.3, 0.4) is 0 Å². The van der Waals surface area contributed by atoms with Gasteiger partial charge < -0.3 is 13.9 Å². The molecule has 0 radical (unpaired) electrons. The van der Waals surface area contributed by atoms with Gasteiger partial charge in [-0.25, -0.2) is 0 Å². The number of aromatic nitrogens is 1. The highest BCUT2D eigenvalue weighted by Gasteiger charge is 2.19. The lowest BCUT2D eigenvalue weighted by atomic mass is 10.1. The molecular weight excluding hydrogens is 532 g/mol. The van der Waals surface area contributed by atoms with E-state index >= 15 is 0 Å². The van der Waals surface area contributed by atoms with Gasteiger partial charge in [0.15, 0.2) is 5.58 Å². The van der Waals surface area contributed by atoms with Crippen molar-refractivity contribution in [3.8, 4) is 5.69 Å². The molecule has 4 heteroatoms. The van der Waals surface area contributed by atoms with Crippen molar-refractivity contribution in [2.24, 2.45) is 0 Å². The van der Waals surface area contributed by atoms with Crippen LogP contribution in [0.15, 0.2) is 150 Å². The molecule has 0 aliphatic rings. The third-order valence-corrected chi connectivity index (χ3v) is 9.36. The van der Waals surface area contributed by atoms with E-state index in [1.165, 1.54) is 36.6 Å². The van der Waals surface area contributed by atoms with Crippen molar-refractivity contribution in [3.05, 3.63) is 146 Å². The summed E-state index contributed by atoms with van der Waals surface area (Å²) in [5.41, 5.74) is 8.64. The van der Waals surface area contributed by atoms with Gasteiger partial charge in [0.2, 0.25) is 0 Å². The molecule has 9 aromatic rings. The van der Waals surface area contributed by atoms with Gasteiger partial charge in [-0.1, -0.05) is 72.8 Å². The number of nitrogens with zero attached hydrogens (tertiary/aromatic N) is 2. The highest BCUT2D eigenvalue weighted by atomic mass is 32.1. The number of benzene rings is 6. The Morgan fingerprint density at radius 1 is 0.500 bits per heavy atom. The second-order valence-electron chi connectivity index (χ2n) is 10.6. The molecule has 3 nitrogen and oxygen atoms in total. The molecule has 0 saturated heterocycles. The summed E-state index contributed by atoms with van der Waals surface area (Å²) in [5, 5.41) is 4.82. The Labute approximate surface area is 246 Å². The Morgan fingerprint density at radius 2 is 1.14 bits per heavy atom. The van der Waals surface area contributed by atoms with E-state index in [2.05, 4.69) is 155 Å². The number of para-hydroxylation sites is 3. The van der Waals surface area contributed by atoms with Gasteiger partial charge in [-0.15, -0.1) is 11.3 Å². The normalized spacial score (nSPS) is 11.8. The van der Waals surface area contributed by atoms with Crippen LogP contribution in [0.2, 0.25) is 0 Å². The summed E-state index contributed by atoms with van der Waals surface area (Å²) >= 11 is 1.80. The molecule has 0 N–H and O–H groups in total. The molecule has 0 bridgehead atoms. The van der Waals surface area contributed by atoms with Crippen LogP contribution >= 0.6 is 11.3 Å². The zero-order valence-corrected chi connectivity index (χ0v) is 23.4. The largest absolute Gasteiger partial charge is 0.454 e. The first kappa shape index (κ1) is 23.4. The lowest BCUT2D eigenvalue weighted by molar-refractivity contribution is 0.673. The Morgan fingerprint density at radius 3 is 1.98 bits per heavy atom. The van der Waals surface area contributed by atoms with Crippen LogP contribution in [-0.4, -0.2) is 4.57 Å². The minimum atomic E-state index is 0.903. The topological polar surface area (TPSA) is 21.3 Å². The third-order valence-electron chi connectivity index (χ3n) is 8.17. The van der Waals surface area contributed by atoms with Crippen LogP contribution in [0.5, 0.6) is 0 Å². The molecule has 0 unspecified atom stereocenters. The summed E-state index contributed by atoms with van der Waals surface area (Å²) in [6.45, 7) is 0. The predicted octanol–water partition coefficient (Wildman–Crippen LogP) is 11.4. The highest BCUT2D eigenvalue weighted by molar-refractivity contribution is 7.26. The number of hydrogen-bond acceptors (Lipinski definition) is 3. The van der Waals surface area contributed by atoms with Gasteiger partial charge in [-0.2, -0.15) is 0 Å². The lowest BCUT2D eigenvalue weighted by Gasteiger charge is -2.25. The summed E-state index contributed by atoms with van der Waals surface area (Å²) in [6.07, 6.45) is 0. The molecule has 0 atom stereocenters. The average Bonchev–Trinajstić information content (AvgIpc) is 3.70. The molecular formula is C38H24N2OS. The first-order valence-electron chi connectivity index (χ1n) is 14.1. The van der Waals surface area contributed by atoms with E-state index in [9.17, 15) is 0 Å². The van der Waals surface area contributed by atoms with Gasteiger partial charge in [-0.05, 0) is 66.7 Å². The Balaban J connectivity index is 1.28. The Kier molecular flexibility index (Phi) is 5.07. The van der Waals surface area contributed by atoms with Gasteiger partial charge in [-0.3, -0.25) is 0 Å². The maximum Gasteiger partial charge on any atom is 0.154 e. The van der Waals surface area contributed by atoms with Gasteiger partial charge in [0.05, 0.1) is 15.7 Å². The van der Waals surface area contributed by atoms with E-state index in [1.807, 2.05) is 0 Å². The quantitative estimate of drug-likeness (QED) is 0.215. The predicted molar refractivity (Wildman–Crippen MR) is 178 cm³/mol. The van der Waals surface area contributed by atoms with Crippen molar-refractivity contribution in [1.29, 1.82) is 0 Å². The first-order valence-corrected chi connectivity index (χ1v) is 14.9. The fourth-order valence-corrected chi connectivity index (χ4v) is 7.47. The molecule has 0 aliphatic heterocycles. The smallest absolute Gasteiger partial charge is 0.154 e. The molecule has 3 heterocycles. The van der Waals surface area contributed by atoms with E-state index in [-0.39, 0.29) is 0 Å². The van der Waals surface area contributed by atoms with E-state index in [0.717, 1.165) is 39.3 Å². The van der Waals surface area contributed by atoms with Crippen molar-refractivity contribution < 1.29 is 4.42 Å². The number of rotatable bonds is 4. The van der Waals surface area contributed by atoms with Crippen LogP contribution in [0.1, 0.15) is 0 Å². The standard InChI is InChI=1S/C38H24N2OS/c1-3-11-25(12-4-1)39(28-20-22-31-35(24-28)41-37-32-16-8-10-18-36(32)42-38(31)37)27-19-21-30-29-15-7-9-17-33(29)40(34(30)23-27)26-13-5-2-6-14-26/h1-24H. The molecule has 0 amide bonds. The van der Waals surface area contributed by atoms with Crippen molar-refractivity contribution in [1.82, 2.24) is 4.57 Å². The molecule has 0 fully saturated rings. The highest BCUT2D eigenvalue weighted by Crippen LogP contribution is 2.44. The van der Waals surface area contributed by atoms with Gasteiger partial charge in [0.25, 0.3) is 0 Å². The monoisotopic (exact) mass is 556 g/mol. The zero-order valence-electron chi connectivity index (χ0n) is 22.6. The average molecular weight is 557 g/mol. The molecule has 0 aliphatic carbocycles. The van der Waals surface area contributed by atoms with Crippen molar-refractivity contribution in [2.75, 3.05) is 4.90 Å². The Bertz CT molecular complexity index is 2420. The first-order chi connectivity index (χ1) is 20.8. The van der Waals surface area contributed by atoms with Crippen LogP contribution in [0.4, 0.5) is 17.1 Å². The van der Waals surface area contributed by atoms with E-state index < -0.39 is 0 Å². The number of fused-ring (bicyclic) bond motifs is 8. The van der Waals surface area contributed by atoms with Crippen molar-refractivity contribution in [2.45, 2.75) is 0 Å². The molecule has 6 aromatic carbocycles. The van der Waals surface area contributed by atoms with Crippen molar-refractivity contribution >= 4 is 81.5 Å². The maximum absolute atomic E-state index is 6.54. The molecule has 0 saturated carbocycles. The van der Waals surface area contributed by atoms with Crippen LogP contribution in [0, 0.1) is 0 Å². The van der Waals surface area contributed by atoms with Crippen molar-refractivity contribution in [3.63, 3.8) is 0 Å². The fourth-order valence-electron chi connectivity index (χ4n) is 6.31.